The number of nitrogens with two attached hydrogens (primary N) is 2. The summed E-state index contributed by atoms with van der Waals surface area (Å²) in [5.41, 5.74) is 12.8. The normalized spacial score (nSPS) is 19.5. The summed E-state index contributed by atoms with van der Waals surface area (Å²) in [4.78, 5) is 15.5. The smallest absolute Gasteiger partial charge is 0.279 e. The first-order chi connectivity index (χ1) is 11.4. The molecule has 1 heterocycles. The summed E-state index contributed by atoms with van der Waals surface area (Å²) in [5.74, 6) is -0.643. The summed E-state index contributed by atoms with van der Waals surface area (Å²) in [6.07, 6.45) is 3.34. The van der Waals surface area contributed by atoms with Crippen molar-refractivity contribution in [1.82, 2.24) is 0 Å². The number of unbranched alkanes of at least 4 members (excludes halogenated alkanes) is 1. The van der Waals surface area contributed by atoms with Crippen LogP contribution < -0.4 is 11.5 Å². The Kier molecular flexibility index (Phi) is 5.85. The van der Waals surface area contributed by atoms with E-state index < -0.39 is 10.8 Å². The molecule has 1 aromatic rings. The predicted molar refractivity (Wildman–Crippen MR) is 96.6 cm³/mol. The van der Waals surface area contributed by atoms with Crippen LogP contribution in [0.3, 0.4) is 0 Å². The lowest BCUT2D eigenvalue weighted by Gasteiger charge is -2.24. The summed E-state index contributed by atoms with van der Waals surface area (Å²) in [5, 5.41) is 12.3. The molecule has 0 saturated heterocycles. The fourth-order valence-corrected chi connectivity index (χ4v) is 3.12. The molecule has 0 saturated carbocycles. The Balaban J connectivity index is 2.72. The van der Waals surface area contributed by atoms with Gasteiger partial charge in [0.2, 0.25) is 0 Å². The van der Waals surface area contributed by atoms with Crippen molar-refractivity contribution < 1.29 is 4.92 Å². The summed E-state index contributed by atoms with van der Waals surface area (Å²) >= 11 is 12.4. The van der Waals surface area contributed by atoms with E-state index in [9.17, 15) is 10.1 Å². The van der Waals surface area contributed by atoms with Crippen molar-refractivity contribution in [2.24, 2.45) is 16.5 Å². The molecule has 1 atom stereocenters. The van der Waals surface area contributed by atoms with Gasteiger partial charge in [0.05, 0.1) is 15.0 Å². The molecular formula is C16H18Cl2N4O2. The quantitative estimate of drug-likeness (QED) is 0.605. The van der Waals surface area contributed by atoms with Crippen LogP contribution in [0.5, 0.6) is 0 Å². The first-order valence-electron chi connectivity index (χ1n) is 7.50. The Morgan fingerprint density at radius 3 is 2.71 bits per heavy atom. The number of rotatable bonds is 5. The highest BCUT2D eigenvalue weighted by Gasteiger charge is 2.39. The molecule has 128 valence electrons. The second-order valence-electron chi connectivity index (χ2n) is 5.39. The molecule has 1 aliphatic heterocycles. The van der Waals surface area contributed by atoms with E-state index in [0.717, 1.165) is 12.8 Å². The number of hydrogen-bond donors (Lipinski definition) is 2. The fourth-order valence-electron chi connectivity index (χ4n) is 2.71. The molecule has 0 amide bonds. The third-order valence-corrected chi connectivity index (χ3v) is 4.70. The van der Waals surface area contributed by atoms with Gasteiger partial charge in [-0.1, -0.05) is 48.7 Å². The molecular weight excluding hydrogens is 351 g/mol. The van der Waals surface area contributed by atoms with Crippen molar-refractivity contribution in [3.05, 3.63) is 67.1 Å². The van der Waals surface area contributed by atoms with Gasteiger partial charge in [-0.05, 0) is 24.5 Å². The molecule has 1 aliphatic rings. The lowest BCUT2D eigenvalue weighted by Crippen LogP contribution is -2.29. The Bertz CT molecular complexity index is 756. The largest absolute Gasteiger partial charge is 0.404 e. The minimum atomic E-state index is -0.805. The van der Waals surface area contributed by atoms with Crippen molar-refractivity contribution in [3.63, 3.8) is 0 Å². The first kappa shape index (κ1) is 18.3. The molecule has 2 rings (SSSR count). The number of benzene rings is 1. The zero-order valence-corrected chi connectivity index (χ0v) is 14.6. The number of aliphatic imine (C=N–C) groups is 1. The van der Waals surface area contributed by atoms with Crippen LogP contribution in [0.2, 0.25) is 10.0 Å². The summed E-state index contributed by atoms with van der Waals surface area (Å²) < 4.78 is 0. The van der Waals surface area contributed by atoms with Crippen LogP contribution in [0, 0.1) is 10.1 Å². The third kappa shape index (κ3) is 3.39. The predicted octanol–water partition coefficient (Wildman–Crippen LogP) is 3.97. The summed E-state index contributed by atoms with van der Waals surface area (Å²) in [6, 6.07) is 4.98. The van der Waals surface area contributed by atoms with Crippen molar-refractivity contribution >= 4 is 29.0 Å². The molecule has 8 heteroatoms. The van der Waals surface area contributed by atoms with Crippen LogP contribution in [0.15, 0.2) is 46.4 Å². The number of hydrogen-bond acceptors (Lipinski definition) is 5. The first-order valence-corrected chi connectivity index (χ1v) is 8.25. The molecule has 0 spiro atoms. The van der Waals surface area contributed by atoms with Gasteiger partial charge in [-0.25, -0.2) is 4.99 Å². The SMILES string of the molecule is CCCCC1=C([N+](=O)[O-])C(c2cccc(Cl)c2Cl)/C(=C/N)C(N)=N1. The Morgan fingerprint density at radius 1 is 1.42 bits per heavy atom. The molecule has 1 unspecified atom stereocenters. The average Bonchev–Trinajstić information content (AvgIpc) is 2.54. The molecule has 1 aromatic carbocycles. The number of halogens is 2. The summed E-state index contributed by atoms with van der Waals surface area (Å²) in [7, 11) is 0. The van der Waals surface area contributed by atoms with Crippen LogP contribution >= 0.6 is 23.2 Å². The van der Waals surface area contributed by atoms with Crippen molar-refractivity contribution in [3.8, 4) is 0 Å². The van der Waals surface area contributed by atoms with E-state index in [1.165, 1.54) is 6.20 Å². The number of allylic oxidation sites excluding steroid dienone is 2. The lowest BCUT2D eigenvalue weighted by molar-refractivity contribution is -0.430. The van der Waals surface area contributed by atoms with Gasteiger partial charge in [0.1, 0.15) is 17.5 Å². The second-order valence-corrected chi connectivity index (χ2v) is 6.17. The molecule has 0 fully saturated rings. The van der Waals surface area contributed by atoms with Crippen molar-refractivity contribution in [2.75, 3.05) is 0 Å². The van der Waals surface area contributed by atoms with Gasteiger partial charge >= 0.3 is 0 Å². The van der Waals surface area contributed by atoms with E-state index in [4.69, 9.17) is 34.7 Å². The number of amidine groups is 1. The monoisotopic (exact) mass is 368 g/mol. The maximum absolute atomic E-state index is 11.8. The molecule has 4 N–H and O–H groups in total. The van der Waals surface area contributed by atoms with Gasteiger partial charge in [0, 0.05) is 11.8 Å². The van der Waals surface area contributed by atoms with Gasteiger partial charge in [-0.15, -0.1) is 0 Å². The van der Waals surface area contributed by atoms with E-state index in [1.54, 1.807) is 18.2 Å². The van der Waals surface area contributed by atoms with E-state index in [0.29, 0.717) is 28.3 Å². The van der Waals surface area contributed by atoms with E-state index in [2.05, 4.69) is 4.99 Å². The minimum Gasteiger partial charge on any atom is -0.404 e. The highest BCUT2D eigenvalue weighted by Crippen LogP contribution is 2.43. The van der Waals surface area contributed by atoms with Crippen molar-refractivity contribution in [1.29, 1.82) is 0 Å². The Labute approximate surface area is 150 Å². The van der Waals surface area contributed by atoms with Crippen molar-refractivity contribution in [2.45, 2.75) is 32.1 Å². The van der Waals surface area contributed by atoms with Crippen LogP contribution in [0.25, 0.3) is 0 Å². The Hall–Kier alpha value is -2.05. The standard InChI is InChI=1S/C16H18Cl2N4O2/c1-2-3-7-12-15(22(23)24)13(10(8-19)16(20)21-12)9-5-4-6-11(17)14(9)18/h4-6,8,13H,2-3,7,19H2,1H3,(H2,20,21)/b10-8-. The third-order valence-electron chi connectivity index (χ3n) is 3.87. The number of nitrogens with zero attached hydrogens (tertiary/aromatic N) is 2. The number of nitro groups is 1. The van der Waals surface area contributed by atoms with Crippen LogP contribution in [0.4, 0.5) is 0 Å². The van der Waals surface area contributed by atoms with Gasteiger partial charge in [0.25, 0.3) is 5.70 Å². The molecule has 0 aromatic heterocycles. The van der Waals surface area contributed by atoms with Crippen LogP contribution in [-0.2, 0) is 0 Å². The van der Waals surface area contributed by atoms with Crippen LogP contribution in [-0.4, -0.2) is 10.8 Å². The molecule has 6 nitrogen and oxygen atoms in total. The molecule has 0 radical (unpaired) electrons. The molecule has 24 heavy (non-hydrogen) atoms. The summed E-state index contributed by atoms with van der Waals surface area (Å²) in [6.45, 7) is 2.00. The van der Waals surface area contributed by atoms with Gasteiger partial charge < -0.3 is 11.5 Å². The van der Waals surface area contributed by atoms with Gasteiger partial charge in [0.15, 0.2) is 0 Å². The van der Waals surface area contributed by atoms with E-state index in [-0.39, 0.29) is 16.6 Å². The highest BCUT2D eigenvalue weighted by molar-refractivity contribution is 6.42. The lowest BCUT2D eigenvalue weighted by atomic mass is 9.84. The molecule has 0 bridgehead atoms. The van der Waals surface area contributed by atoms with E-state index in [1.807, 2.05) is 6.92 Å². The minimum absolute atomic E-state index is 0.0569. The van der Waals surface area contributed by atoms with Gasteiger partial charge in [-0.2, -0.15) is 0 Å². The average molecular weight is 369 g/mol. The topological polar surface area (TPSA) is 108 Å². The fraction of sp³-hybridized carbons (Fsp3) is 0.312. The van der Waals surface area contributed by atoms with E-state index >= 15 is 0 Å². The van der Waals surface area contributed by atoms with Crippen LogP contribution in [0.1, 0.15) is 37.7 Å². The zero-order chi connectivity index (χ0) is 17.9. The highest BCUT2D eigenvalue weighted by atomic mass is 35.5. The zero-order valence-electron chi connectivity index (χ0n) is 13.1. The second kappa shape index (κ2) is 7.68. The maximum atomic E-state index is 11.8. The molecule has 0 aliphatic carbocycles. The Morgan fingerprint density at radius 2 is 2.12 bits per heavy atom. The van der Waals surface area contributed by atoms with Gasteiger partial charge in [-0.3, -0.25) is 10.1 Å². The maximum Gasteiger partial charge on any atom is 0.279 e.